The van der Waals surface area contributed by atoms with Gasteiger partial charge in [-0.15, -0.1) is 0 Å². The second-order valence-corrected chi connectivity index (χ2v) is 13.6. The quantitative estimate of drug-likeness (QED) is 0.0206. The number of thioether (sulfide) groups is 1. The molecule has 52 heavy (non-hydrogen) atoms. The Bertz CT molecular complexity index is 1330. The number of imidazole rings is 1. The molecule has 6 atom stereocenters. The van der Waals surface area contributed by atoms with Crippen LogP contribution < -0.4 is 49.1 Å². The van der Waals surface area contributed by atoms with Gasteiger partial charge in [0.05, 0.1) is 12.4 Å². The van der Waals surface area contributed by atoms with Crippen molar-refractivity contribution in [1.29, 1.82) is 0 Å². The third-order valence-corrected chi connectivity index (χ3v) is 9.20. The monoisotopic (exact) mass is 770 g/mol. The summed E-state index contributed by atoms with van der Waals surface area (Å²) >= 11 is 5.69. The number of carboxylic acid groups (broad SMARTS) is 1. The SMILES string of the molecule is CSCCC(NC(=O)C(CCCN=C(N)N)NC(=O)C(CCCCN)NC(=O)C(CS)NC(=O)C(Cc1cnc[nH]1)NC(=O)C1CCCN1)C(=O)O. The van der Waals surface area contributed by atoms with Gasteiger partial charge in [0.2, 0.25) is 29.5 Å². The molecule has 292 valence electrons. The molecular formula is C31H54N12O7S2. The van der Waals surface area contributed by atoms with Crippen LogP contribution in [0.1, 0.15) is 57.1 Å². The molecule has 19 nitrogen and oxygen atoms in total. The zero-order valence-corrected chi connectivity index (χ0v) is 31.1. The highest BCUT2D eigenvalue weighted by Crippen LogP contribution is 2.09. The van der Waals surface area contributed by atoms with Crippen LogP contribution in [-0.4, -0.2) is 130 Å². The molecule has 0 saturated carbocycles. The number of H-pyrrole nitrogens is 1. The molecule has 1 fully saturated rings. The molecule has 0 aliphatic carbocycles. The summed E-state index contributed by atoms with van der Waals surface area (Å²) in [5, 5.41) is 25.9. The van der Waals surface area contributed by atoms with Crippen LogP contribution in [0.4, 0.5) is 0 Å². The molecule has 1 saturated heterocycles. The first-order valence-electron chi connectivity index (χ1n) is 17.2. The number of carboxylic acids is 1. The van der Waals surface area contributed by atoms with Crippen molar-refractivity contribution in [1.82, 2.24) is 41.9 Å². The highest BCUT2D eigenvalue weighted by molar-refractivity contribution is 7.98. The number of aliphatic carboxylic acids is 1. The van der Waals surface area contributed by atoms with Gasteiger partial charge >= 0.3 is 5.97 Å². The topological polar surface area (TPSA) is 314 Å². The van der Waals surface area contributed by atoms with Crippen LogP contribution in [0.2, 0.25) is 0 Å². The number of unbranched alkanes of at least 4 members (excludes halogenated alkanes) is 1. The summed E-state index contributed by atoms with van der Waals surface area (Å²) in [5.41, 5.74) is 17.1. The number of amides is 5. The number of aromatic amines is 1. The number of thiol groups is 1. The number of guanidine groups is 1. The van der Waals surface area contributed by atoms with Crippen molar-refractivity contribution in [2.24, 2.45) is 22.2 Å². The summed E-state index contributed by atoms with van der Waals surface area (Å²) in [7, 11) is 0. The van der Waals surface area contributed by atoms with Crippen LogP contribution in [0.25, 0.3) is 0 Å². The number of aromatic nitrogens is 2. The number of nitrogens with two attached hydrogens (primary N) is 3. The summed E-state index contributed by atoms with van der Waals surface area (Å²) in [6.07, 6.45) is 7.90. The second-order valence-electron chi connectivity index (χ2n) is 12.3. The normalized spacial score (nSPS) is 16.7. The van der Waals surface area contributed by atoms with Gasteiger partial charge in [0.25, 0.3) is 0 Å². The average molecular weight is 771 g/mol. The van der Waals surface area contributed by atoms with E-state index in [-0.39, 0.29) is 56.3 Å². The lowest BCUT2D eigenvalue weighted by Gasteiger charge is -2.27. The lowest BCUT2D eigenvalue weighted by molar-refractivity contribution is -0.142. The van der Waals surface area contributed by atoms with Crippen molar-refractivity contribution in [3.8, 4) is 0 Å². The Hall–Kier alpha value is -4.08. The van der Waals surface area contributed by atoms with Gasteiger partial charge in [-0.3, -0.25) is 29.0 Å². The van der Waals surface area contributed by atoms with Gasteiger partial charge in [0.1, 0.15) is 30.2 Å². The fraction of sp³-hybridized carbons (Fsp3) is 0.677. The Morgan fingerprint density at radius 3 is 2.08 bits per heavy atom. The van der Waals surface area contributed by atoms with Crippen molar-refractivity contribution in [2.45, 2.75) is 94.0 Å². The van der Waals surface area contributed by atoms with E-state index >= 15 is 0 Å². The van der Waals surface area contributed by atoms with Crippen LogP contribution in [-0.2, 0) is 35.2 Å². The Labute approximate surface area is 312 Å². The molecule has 2 heterocycles. The Morgan fingerprint density at radius 1 is 0.923 bits per heavy atom. The molecule has 0 radical (unpaired) electrons. The highest BCUT2D eigenvalue weighted by Gasteiger charge is 2.33. The number of carbonyl (C=O) groups is 6. The molecule has 6 unspecified atom stereocenters. The Balaban J connectivity index is 2.21. The van der Waals surface area contributed by atoms with E-state index in [1.165, 1.54) is 24.3 Å². The maximum atomic E-state index is 13.7. The third kappa shape index (κ3) is 16.1. The van der Waals surface area contributed by atoms with Gasteiger partial charge in [-0.1, -0.05) is 0 Å². The number of rotatable bonds is 25. The number of nitrogens with one attached hydrogen (secondary N) is 7. The molecule has 0 spiro atoms. The van der Waals surface area contributed by atoms with E-state index in [9.17, 15) is 33.9 Å². The Morgan fingerprint density at radius 2 is 1.54 bits per heavy atom. The molecule has 0 bridgehead atoms. The smallest absolute Gasteiger partial charge is 0.326 e. The molecule has 21 heteroatoms. The molecule has 14 N–H and O–H groups in total. The molecule has 1 aromatic heterocycles. The van der Waals surface area contributed by atoms with Gasteiger partial charge in [0, 0.05) is 30.6 Å². The standard InChI is InChI=1S/C31H54N12O7S2/c1-52-13-9-22(30(49)50)41-27(46)21(8-5-12-37-31(33)34)39-26(45)20(6-2-3-10-32)40-29(48)24(16-51)43-28(47)23(14-18-15-35-17-38-18)42-25(44)19-7-4-11-36-19/h15,17,19-24,36,51H,2-14,16,32H2,1H3,(H,35,38)(H,39,45)(H,40,48)(H,41,46)(H,42,44)(H,43,47)(H,49,50)(H4,33,34,37). The minimum absolute atomic E-state index is 0.0574. The van der Waals surface area contributed by atoms with E-state index in [1.807, 2.05) is 6.26 Å². The van der Waals surface area contributed by atoms with Gasteiger partial charge in [-0.2, -0.15) is 24.4 Å². The fourth-order valence-electron chi connectivity index (χ4n) is 5.32. The largest absolute Gasteiger partial charge is 0.480 e. The van der Waals surface area contributed by atoms with Crippen LogP contribution in [0, 0.1) is 0 Å². The zero-order chi connectivity index (χ0) is 38.5. The molecule has 1 aliphatic heterocycles. The van der Waals surface area contributed by atoms with Crippen molar-refractivity contribution in [3.63, 3.8) is 0 Å². The average Bonchev–Trinajstić information content (AvgIpc) is 3.84. The number of hydrogen-bond donors (Lipinski definition) is 12. The first kappa shape index (κ1) is 44.1. The van der Waals surface area contributed by atoms with Crippen LogP contribution in [0.3, 0.4) is 0 Å². The lowest BCUT2D eigenvalue weighted by Crippen LogP contribution is -2.60. The van der Waals surface area contributed by atoms with Crippen molar-refractivity contribution in [3.05, 3.63) is 18.2 Å². The highest BCUT2D eigenvalue weighted by atomic mass is 32.2. The van der Waals surface area contributed by atoms with Crippen LogP contribution in [0.15, 0.2) is 17.5 Å². The summed E-state index contributed by atoms with van der Waals surface area (Å²) in [5.74, 6) is -4.20. The molecule has 5 amide bonds. The zero-order valence-electron chi connectivity index (χ0n) is 29.4. The van der Waals surface area contributed by atoms with E-state index in [0.717, 1.165) is 6.42 Å². The number of aliphatic imine (C=N–C) groups is 1. The third-order valence-electron chi connectivity index (χ3n) is 8.19. The van der Waals surface area contributed by atoms with Crippen molar-refractivity contribution in [2.75, 3.05) is 37.4 Å². The summed E-state index contributed by atoms with van der Waals surface area (Å²) < 4.78 is 0. The lowest BCUT2D eigenvalue weighted by atomic mass is 10.0. The molecule has 1 aliphatic rings. The van der Waals surface area contributed by atoms with E-state index in [0.29, 0.717) is 43.8 Å². The van der Waals surface area contributed by atoms with Crippen molar-refractivity contribution < 1.29 is 33.9 Å². The van der Waals surface area contributed by atoms with Gasteiger partial charge in [-0.25, -0.2) is 9.78 Å². The van der Waals surface area contributed by atoms with Crippen LogP contribution in [0.5, 0.6) is 0 Å². The first-order valence-corrected chi connectivity index (χ1v) is 19.2. The molecular weight excluding hydrogens is 717 g/mol. The van der Waals surface area contributed by atoms with E-state index < -0.39 is 65.8 Å². The van der Waals surface area contributed by atoms with Gasteiger partial charge in [0.15, 0.2) is 5.96 Å². The maximum absolute atomic E-state index is 13.7. The number of hydrogen-bond acceptors (Lipinski definition) is 12. The van der Waals surface area contributed by atoms with E-state index in [2.05, 4.69) is 59.5 Å². The summed E-state index contributed by atoms with van der Waals surface area (Å²) in [6.45, 7) is 1.16. The second kappa shape index (κ2) is 24.2. The van der Waals surface area contributed by atoms with Gasteiger partial charge in [-0.05, 0) is 76.5 Å². The van der Waals surface area contributed by atoms with E-state index in [1.54, 1.807) is 0 Å². The minimum atomic E-state index is -1.22. The number of nitrogens with zero attached hydrogens (tertiary/aromatic N) is 2. The van der Waals surface area contributed by atoms with E-state index in [4.69, 9.17) is 17.2 Å². The van der Waals surface area contributed by atoms with Gasteiger partial charge < -0.3 is 59.2 Å². The fourth-order valence-corrected chi connectivity index (χ4v) is 6.05. The summed E-state index contributed by atoms with van der Waals surface area (Å²) in [4.78, 5) is 89.6. The molecule has 2 rings (SSSR count). The first-order chi connectivity index (χ1) is 24.9. The maximum Gasteiger partial charge on any atom is 0.326 e. The predicted molar refractivity (Wildman–Crippen MR) is 200 cm³/mol. The molecule has 1 aromatic rings. The predicted octanol–water partition coefficient (Wildman–Crippen LogP) is -2.92. The van der Waals surface area contributed by atoms with Crippen molar-refractivity contribution >= 4 is 65.9 Å². The van der Waals surface area contributed by atoms with Crippen LogP contribution >= 0.6 is 24.4 Å². The summed E-state index contributed by atoms with van der Waals surface area (Å²) in [6, 6.07) is -6.25. The minimum Gasteiger partial charge on any atom is -0.480 e. The Kier molecular flexibility index (Phi) is 20.5. The number of carbonyl (C=O) groups excluding carboxylic acids is 5. The molecule has 0 aromatic carbocycles.